The second kappa shape index (κ2) is 13.0. The summed E-state index contributed by atoms with van der Waals surface area (Å²) in [4.78, 5) is 5.44. The standard InChI is InChI=1S/C17H25F5N4O.HI/c1-4-23-16(24-7-8-26(3)11-17(20,21)22)25-10-13-9-12(2)5-6-14(13)27-15(18)19;/h5-6,9,15H,4,7-8,10-11H2,1-3H3,(H2,23,24,25);1H. The van der Waals surface area contributed by atoms with Gasteiger partial charge in [0.05, 0.1) is 13.1 Å². The van der Waals surface area contributed by atoms with Gasteiger partial charge in [0.2, 0.25) is 0 Å². The first kappa shape index (κ1) is 26.6. The number of rotatable bonds is 9. The van der Waals surface area contributed by atoms with Crippen molar-refractivity contribution in [2.24, 2.45) is 4.99 Å². The van der Waals surface area contributed by atoms with Gasteiger partial charge in [-0.3, -0.25) is 4.90 Å². The van der Waals surface area contributed by atoms with Crippen molar-refractivity contribution in [2.45, 2.75) is 33.2 Å². The van der Waals surface area contributed by atoms with Crippen LogP contribution in [0.3, 0.4) is 0 Å². The van der Waals surface area contributed by atoms with Gasteiger partial charge in [0, 0.05) is 25.2 Å². The lowest BCUT2D eigenvalue weighted by Crippen LogP contribution is -2.42. The van der Waals surface area contributed by atoms with Crippen LogP contribution in [0.4, 0.5) is 22.0 Å². The molecule has 0 aliphatic rings. The summed E-state index contributed by atoms with van der Waals surface area (Å²) in [6.45, 7) is 0.743. The summed E-state index contributed by atoms with van der Waals surface area (Å²) >= 11 is 0. The number of nitrogens with zero attached hydrogens (tertiary/aromatic N) is 2. The molecule has 5 nitrogen and oxygen atoms in total. The highest BCUT2D eigenvalue weighted by molar-refractivity contribution is 14.0. The van der Waals surface area contributed by atoms with Crippen LogP contribution < -0.4 is 15.4 Å². The van der Waals surface area contributed by atoms with Gasteiger partial charge >= 0.3 is 12.8 Å². The van der Waals surface area contributed by atoms with Gasteiger partial charge in [-0.25, -0.2) is 4.99 Å². The maximum atomic E-state index is 12.5. The van der Waals surface area contributed by atoms with Crippen molar-refractivity contribution in [1.82, 2.24) is 15.5 Å². The largest absolute Gasteiger partial charge is 0.434 e. The number of nitrogens with one attached hydrogen (secondary N) is 2. The number of ether oxygens (including phenoxy) is 1. The van der Waals surface area contributed by atoms with E-state index in [1.807, 2.05) is 13.8 Å². The number of hydrogen-bond acceptors (Lipinski definition) is 3. The minimum atomic E-state index is -4.25. The van der Waals surface area contributed by atoms with Crippen molar-refractivity contribution in [3.05, 3.63) is 29.3 Å². The average molecular weight is 524 g/mol. The Morgan fingerprint density at radius 2 is 1.93 bits per heavy atom. The Hall–Kier alpha value is -1.37. The van der Waals surface area contributed by atoms with E-state index in [1.165, 1.54) is 13.1 Å². The molecule has 0 aromatic heterocycles. The van der Waals surface area contributed by atoms with E-state index < -0.39 is 19.3 Å². The molecule has 162 valence electrons. The highest BCUT2D eigenvalue weighted by Gasteiger charge is 2.28. The van der Waals surface area contributed by atoms with Gasteiger partial charge in [-0.05, 0) is 27.0 Å². The molecule has 0 saturated heterocycles. The SMILES string of the molecule is CCNC(=NCc1cc(C)ccc1OC(F)F)NCCN(C)CC(F)(F)F.I. The first-order valence-electron chi connectivity index (χ1n) is 8.42. The van der Waals surface area contributed by atoms with Crippen LogP contribution >= 0.6 is 24.0 Å². The predicted octanol–water partition coefficient (Wildman–Crippen LogP) is 3.76. The summed E-state index contributed by atoms with van der Waals surface area (Å²) in [5.41, 5.74) is 1.36. The number of halogens is 6. The molecule has 0 radical (unpaired) electrons. The quantitative estimate of drug-likeness (QED) is 0.224. The molecule has 0 unspecified atom stereocenters. The molecule has 0 fully saturated rings. The van der Waals surface area contributed by atoms with Crippen molar-refractivity contribution >= 4 is 29.9 Å². The fourth-order valence-corrected chi connectivity index (χ4v) is 2.30. The lowest BCUT2D eigenvalue weighted by molar-refractivity contribution is -0.142. The molecule has 0 atom stereocenters. The zero-order chi connectivity index (χ0) is 20.4. The molecule has 2 N–H and O–H groups in total. The summed E-state index contributed by atoms with van der Waals surface area (Å²) in [5, 5.41) is 5.88. The fourth-order valence-electron chi connectivity index (χ4n) is 2.30. The maximum Gasteiger partial charge on any atom is 0.401 e. The van der Waals surface area contributed by atoms with Crippen LogP contribution in [0.15, 0.2) is 23.2 Å². The maximum absolute atomic E-state index is 12.5. The highest BCUT2D eigenvalue weighted by Crippen LogP contribution is 2.23. The normalized spacial score (nSPS) is 12.1. The Kier molecular flexibility index (Phi) is 12.3. The van der Waals surface area contributed by atoms with E-state index in [0.29, 0.717) is 18.1 Å². The number of guanidine groups is 1. The smallest absolute Gasteiger partial charge is 0.401 e. The summed E-state index contributed by atoms with van der Waals surface area (Å²) < 4.78 is 66.5. The summed E-state index contributed by atoms with van der Waals surface area (Å²) in [7, 11) is 1.37. The first-order valence-corrected chi connectivity index (χ1v) is 8.42. The Morgan fingerprint density at radius 1 is 1.25 bits per heavy atom. The highest BCUT2D eigenvalue weighted by atomic mass is 127. The molecule has 1 rings (SSSR count). The van der Waals surface area contributed by atoms with Crippen LogP contribution in [0.1, 0.15) is 18.1 Å². The van der Waals surface area contributed by atoms with Gasteiger partial charge in [-0.1, -0.05) is 17.7 Å². The van der Waals surface area contributed by atoms with Crippen LogP contribution in [-0.4, -0.2) is 56.9 Å². The second-order valence-corrected chi connectivity index (χ2v) is 5.96. The molecule has 28 heavy (non-hydrogen) atoms. The van der Waals surface area contributed by atoms with Crippen molar-refractivity contribution in [1.29, 1.82) is 0 Å². The minimum absolute atomic E-state index is 0. The van der Waals surface area contributed by atoms with Crippen molar-refractivity contribution in [3.8, 4) is 5.75 Å². The molecule has 11 heteroatoms. The average Bonchev–Trinajstić information content (AvgIpc) is 2.52. The monoisotopic (exact) mass is 524 g/mol. The van der Waals surface area contributed by atoms with Gasteiger partial charge in [0.15, 0.2) is 5.96 Å². The van der Waals surface area contributed by atoms with Gasteiger partial charge in [-0.15, -0.1) is 24.0 Å². The third-order valence-corrected chi connectivity index (χ3v) is 3.42. The van der Waals surface area contributed by atoms with Gasteiger partial charge in [-0.2, -0.15) is 22.0 Å². The Bertz CT molecular complexity index is 614. The van der Waals surface area contributed by atoms with Gasteiger partial charge in [0.1, 0.15) is 5.75 Å². The number of alkyl halides is 5. The van der Waals surface area contributed by atoms with E-state index in [0.717, 1.165) is 10.5 Å². The van der Waals surface area contributed by atoms with E-state index in [2.05, 4.69) is 20.4 Å². The van der Waals surface area contributed by atoms with Crippen molar-refractivity contribution in [2.75, 3.05) is 33.2 Å². The fraction of sp³-hybridized carbons (Fsp3) is 0.588. The molecule has 1 aromatic rings. The molecule has 0 heterocycles. The molecular formula is C17H26F5IN4O. The molecule has 0 spiro atoms. The van der Waals surface area contributed by atoms with Crippen LogP contribution in [0.2, 0.25) is 0 Å². The van der Waals surface area contributed by atoms with Crippen LogP contribution in [0.25, 0.3) is 0 Å². The Balaban J connectivity index is 0.00000729. The van der Waals surface area contributed by atoms with Crippen LogP contribution in [0, 0.1) is 6.92 Å². The van der Waals surface area contributed by atoms with E-state index in [9.17, 15) is 22.0 Å². The number of benzene rings is 1. The van der Waals surface area contributed by atoms with Crippen molar-refractivity contribution in [3.63, 3.8) is 0 Å². The molecule has 0 amide bonds. The topological polar surface area (TPSA) is 48.9 Å². The summed E-state index contributed by atoms with van der Waals surface area (Å²) in [6, 6.07) is 4.81. The third kappa shape index (κ3) is 11.5. The lowest BCUT2D eigenvalue weighted by atomic mass is 10.1. The summed E-state index contributed by atoms with van der Waals surface area (Å²) in [5.74, 6) is 0.419. The molecule has 0 aliphatic carbocycles. The lowest BCUT2D eigenvalue weighted by Gasteiger charge is -2.19. The number of aryl methyl sites for hydroxylation is 1. The zero-order valence-electron chi connectivity index (χ0n) is 15.9. The predicted molar refractivity (Wildman–Crippen MR) is 110 cm³/mol. The van der Waals surface area contributed by atoms with E-state index in [-0.39, 0.29) is 49.4 Å². The Morgan fingerprint density at radius 3 is 2.50 bits per heavy atom. The third-order valence-electron chi connectivity index (χ3n) is 3.42. The van der Waals surface area contributed by atoms with E-state index in [1.54, 1.807) is 12.1 Å². The van der Waals surface area contributed by atoms with Gasteiger partial charge in [0.25, 0.3) is 0 Å². The molecule has 0 aliphatic heterocycles. The molecule has 1 aromatic carbocycles. The number of hydrogen-bond donors (Lipinski definition) is 2. The molecule has 0 bridgehead atoms. The molecule has 0 saturated carbocycles. The zero-order valence-corrected chi connectivity index (χ0v) is 18.3. The van der Waals surface area contributed by atoms with Crippen LogP contribution in [0.5, 0.6) is 5.75 Å². The number of likely N-dealkylation sites (N-methyl/N-ethyl adjacent to an activating group) is 1. The second-order valence-electron chi connectivity index (χ2n) is 5.96. The van der Waals surface area contributed by atoms with Crippen LogP contribution in [-0.2, 0) is 6.54 Å². The minimum Gasteiger partial charge on any atom is -0.434 e. The molecular weight excluding hydrogens is 498 g/mol. The van der Waals surface area contributed by atoms with E-state index in [4.69, 9.17) is 0 Å². The van der Waals surface area contributed by atoms with E-state index >= 15 is 0 Å². The first-order chi connectivity index (χ1) is 12.6. The Labute approximate surface area is 178 Å². The summed E-state index contributed by atoms with van der Waals surface area (Å²) in [6.07, 6.45) is -4.25. The number of aliphatic imine (C=N–C) groups is 1. The van der Waals surface area contributed by atoms with Crippen molar-refractivity contribution < 1.29 is 26.7 Å². The van der Waals surface area contributed by atoms with Gasteiger partial charge < -0.3 is 15.4 Å².